The third kappa shape index (κ3) is 3.77. The molecule has 27 heavy (non-hydrogen) atoms. The van der Waals surface area contributed by atoms with Crippen LogP contribution in [0.1, 0.15) is 24.1 Å². The zero-order chi connectivity index (χ0) is 19.6. The van der Waals surface area contributed by atoms with E-state index in [0.29, 0.717) is 17.1 Å². The lowest BCUT2D eigenvalue weighted by Gasteiger charge is -2.19. The molecule has 0 amide bonds. The maximum Gasteiger partial charge on any atom is 0.241 e. The van der Waals surface area contributed by atoms with Crippen LogP contribution in [-0.2, 0) is 10.0 Å². The van der Waals surface area contributed by atoms with Crippen molar-refractivity contribution < 1.29 is 17.9 Å². The Bertz CT molecular complexity index is 1070. The van der Waals surface area contributed by atoms with Gasteiger partial charge in [-0.15, -0.1) is 0 Å². The van der Waals surface area contributed by atoms with Crippen molar-refractivity contribution in [2.45, 2.75) is 24.8 Å². The Kier molecular flexibility index (Phi) is 5.39. The molecule has 3 aromatic carbocycles. The number of sulfonamides is 1. The molecular weight excluding hydrogens is 362 g/mol. The van der Waals surface area contributed by atoms with Gasteiger partial charge in [-0.2, -0.15) is 0 Å². The Balaban J connectivity index is 1.99. The monoisotopic (exact) mass is 385 g/mol. The van der Waals surface area contributed by atoms with Crippen LogP contribution >= 0.6 is 0 Å². The molecule has 3 rings (SSSR count). The number of nitrogens with one attached hydrogen (secondary N) is 1. The SMILES string of the molecule is COc1cc(C)c(S(=O)(=O)NC(C)c2cccc3ccccc23)cc1OC. The third-order valence-corrected chi connectivity index (χ3v) is 6.28. The summed E-state index contributed by atoms with van der Waals surface area (Å²) in [6, 6.07) is 16.6. The number of methoxy groups -OCH3 is 2. The smallest absolute Gasteiger partial charge is 0.241 e. The summed E-state index contributed by atoms with van der Waals surface area (Å²) in [4.78, 5) is 0.173. The molecule has 1 unspecified atom stereocenters. The summed E-state index contributed by atoms with van der Waals surface area (Å²) in [5.41, 5.74) is 1.51. The van der Waals surface area contributed by atoms with Gasteiger partial charge in [-0.25, -0.2) is 13.1 Å². The highest BCUT2D eigenvalue weighted by Crippen LogP contribution is 2.33. The molecule has 0 aliphatic rings. The average molecular weight is 385 g/mol. The molecule has 0 saturated carbocycles. The van der Waals surface area contributed by atoms with Crippen molar-refractivity contribution in [3.8, 4) is 11.5 Å². The van der Waals surface area contributed by atoms with Crippen molar-refractivity contribution in [3.63, 3.8) is 0 Å². The normalized spacial score (nSPS) is 12.7. The van der Waals surface area contributed by atoms with E-state index in [0.717, 1.165) is 16.3 Å². The van der Waals surface area contributed by atoms with Crippen LogP contribution < -0.4 is 14.2 Å². The molecule has 0 radical (unpaired) electrons. The Morgan fingerprint density at radius 3 is 2.26 bits per heavy atom. The van der Waals surface area contributed by atoms with E-state index in [4.69, 9.17) is 9.47 Å². The van der Waals surface area contributed by atoms with E-state index in [-0.39, 0.29) is 4.90 Å². The molecule has 1 atom stereocenters. The number of ether oxygens (including phenoxy) is 2. The standard InChI is InChI=1S/C21H23NO4S/c1-14-12-19(25-3)20(26-4)13-21(14)27(23,24)22-15(2)17-11-7-9-16-8-5-6-10-18(16)17/h5-13,15,22H,1-4H3. The van der Waals surface area contributed by atoms with Crippen molar-refractivity contribution in [1.82, 2.24) is 4.72 Å². The maximum absolute atomic E-state index is 13.0. The van der Waals surface area contributed by atoms with Crippen LogP contribution in [0.15, 0.2) is 59.5 Å². The molecule has 0 fully saturated rings. The van der Waals surface area contributed by atoms with Gasteiger partial charge in [-0.05, 0) is 41.8 Å². The summed E-state index contributed by atoms with van der Waals surface area (Å²) in [6.45, 7) is 3.58. The topological polar surface area (TPSA) is 64.6 Å². The Morgan fingerprint density at radius 2 is 1.56 bits per heavy atom. The fraction of sp³-hybridized carbons (Fsp3) is 0.238. The van der Waals surface area contributed by atoms with Gasteiger partial charge in [0.15, 0.2) is 11.5 Å². The van der Waals surface area contributed by atoms with Gasteiger partial charge in [0, 0.05) is 12.1 Å². The highest BCUT2D eigenvalue weighted by molar-refractivity contribution is 7.89. The summed E-state index contributed by atoms with van der Waals surface area (Å²) in [7, 11) is -0.748. The molecule has 5 nitrogen and oxygen atoms in total. The first-order chi connectivity index (χ1) is 12.9. The van der Waals surface area contributed by atoms with Gasteiger partial charge in [0.2, 0.25) is 10.0 Å². The Labute approximate surface area is 160 Å². The van der Waals surface area contributed by atoms with E-state index >= 15 is 0 Å². The van der Waals surface area contributed by atoms with Crippen LogP contribution in [0.3, 0.4) is 0 Å². The zero-order valence-electron chi connectivity index (χ0n) is 15.8. The fourth-order valence-corrected chi connectivity index (χ4v) is 4.70. The molecular formula is C21H23NO4S. The van der Waals surface area contributed by atoms with E-state index in [1.54, 1.807) is 13.0 Å². The number of rotatable bonds is 6. The van der Waals surface area contributed by atoms with Crippen molar-refractivity contribution in [3.05, 3.63) is 65.7 Å². The van der Waals surface area contributed by atoms with Crippen LogP contribution in [0.25, 0.3) is 10.8 Å². The first kappa shape index (κ1) is 19.2. The van der Waals surface area contributed by atoms with E-state index < -0.39 is 16.1 Å². The Hall–Kier alpha value is -2.57. The summed E-state index contributed by atoms with van der Waals surface area (Å²) in [6.07, 6.45) is 0. The zero-order valence-corrected chi connectivity index (χ0v) is 16.6. The molecule has 6 heteroatoms. The number of aryl methyl sites for hydroxylation is 1. The largest absolute Gasteiger partial charge is 0.493 e. The van der Waals surface area contributed by atoms with E-state index in [2.05, 4.69) is 4.72 Å². The molecule has 0 aliphatic heterocycles. The second-order valence-electron chi connectivity index (χ2n) is 6.38. The second kappa shape index (κ2) is 7.58. The number of hydrogen-bond donors (Lipinski definition) is 1. The molecule has 3 aromatic rings. The van der Waals surface area contributed by atoms with Crippen molar-refractivity contribution in [2.75, 3.05) is 14.2 Å². The highest BCUT2D eigenvalue weighted by Gasteiger charge is 2.23. The van der Waals surface area contributed by atoms with Crippen molar-refractivity contribution in [1.29, 1.82) is 0 Å². The van der Waals surface area contributed by atoms with E-state index in [1.807, 2.05) is 49.4 Å². The van der Waals surface area contributed by atoms with Gasteiger partial charge in [-0.1, -0.05) is 42.5 Å². The quantitative estimate of drug-likeness (QED) is 0.690. The molecule has 142 valence electrons. The van der Waals surface area contributed by atoms with Crippen molar-refractivity contribution >= 4 is 20.8 Å². The molecule has 0 aliphatic carbocycles. The Morgan fingerprint density at radius 1 is 0.926 bits per heavy atom. The molecule has 0 spiro atoms. The van der Waals surface area contributed by atoms with Crippen LogP contribution in [0, 0.1) is 6.92 Å². The fourth-order valence-electron chi connectivity index (χ4n) is 3.24. The minimum Gasteiger partial charge on any atom is -0.493 e. The molecule has 0 bridgehead atoms. The highest BCUT2D eigenvalue weighted by atomic mass is 32.2. The predicted octanol–water partition coefficient (Wildman–Crippen LogP) is 4.20. The van der Waals surface area contributed by atoms with Crippen LogP contribution in [-0.4, -0.2) is 22.6 Å². The number of benzene rings is 3. The lowest BCUT2D eigenvalue weighted by Crippen LogP contribution is -2.27. The predicted molar refractivity (Wildman–Crippen MR) is 107 cm³/mol. The van der Waals surface area contributed by atoms with Gasteiger partial charge in [0.25, 0.3) is 0 Å². The van der Waals surface area contributed by atoms with Crippen molar-refractivity contribution in [2.24, 2.45) is 0 Å². The summed E-state index contributed by atoms with van der Waals surface area (Å²) in [5.74, 6) is 0.873. The minimum atomic E-state index is -3.75. The second-order valence-corrected chi connectivity index (χ2v) is 8.07. The van der Waals surface area contributed by atoms with Gasteiger partial charge in [-0.3, -0.25) is 0 Å². The lowest BCUT2D eigenvalue weighted by atomic mass is 10.0. The minimum absolute atomic E-state index is 0.173. The van der Waals surface area contributed by atoms with Crippen LogP contribution in [0.4, 0.5) is 0 Å². The van der Waals surface area contributed by atoms with Gasteiger partial charge in [0.1, 0.15) is 0 Å². The maximum atomic E-state index is 13.0. The van der Waals surface area contributed by atoms with E-state index in [1.165, 1.54) is 20.3 Å². The molecule has 0 heterocycles. The third-order valence-electron chi connectivity index (χ3n) is 4.59. The van der Waals surface area contributed by atoms with Gasteiger partial charge in [0.05, 0.1) is 19.1 Å². The molecule has 1 N–H and O–H groups in total. The first-order valence-corrected chi connectivity index (χ1v) is 10.1. The van der Waals surface area contributed by atoms with E-state index in [9.17, 15) is 8.42 Å². The van der Waals surface area contributed by atoms with Gasteiger partial charge >= 0.3 is 0 Å². The molecule has 0 saturated heterocycles. The van der Waals surface area contributed by atoms with Gasteiger partial charge < -0.3 is 9.47 Å². The average Bonchev–Trinajstić information content (AvgIpc) is 2.66. The van der Waals surface area contributed by atoms with Crippen LogP contribution in [0.2, 0.25) is 0 Å². The summed E-state index contributed by atoms with van der Waals surface area (Å²) in [5, 5.41) is 2.10. The first-order valence-electron chi connectivity index (χ1n) is 8.60. The van der Waals surface area contributed by atoms with Crippen LogP contribution in [0.5, 0.6) is 11.5 Å². The summed E-state index contributed by atoms with van der Waals surface area (Å²) >= 11 is 0. The molecule has 0 aromatic heterocycles. The lowest BCUT2D eigenvalue weighted by molar-refractivity contribution is 0.353. The number of fused-ring (bicyclic) bond motifs is 1. The summed E-state index contributed by atoms with van der Waals surface area (Å²) < 4.78 is 39.4. The number of hydrogen-bond acceptors (Lipinski definition) is 4.